The molecule has 0 aliphatic rings. The highest BCUT2D eigenvalue weighted by molar-refractivity contribution is 6.06. The Morgan fingerprint density at radius 2 is 2.09 bits per heavy atom. The molecule has 0 unspecified atom stereocenters. The van der Waals surface area contributed by atoms with Crippen LogP contribution in [0.15, 0.2) is 48.9 Å². The van der Waals surface area contributed by atoms with Gasteiger partial charge in [0.2, 0.25) is 0 Å². The molecule has 3 heterocycles. The Morgan fingerprint density at radius 1 is 1.26 bits per heavy atom. The summed E-state index contributed by atoms with van der Waals surface area (Å²) in [6.07, 6.45) is 5.30. The molecule has 9 heteroatoms. The van der Waals surface area contributed by atoms with E-state index in [4.69, 9.17) is 10.7 Å². The molecule has 3 aromatic heterocycles. The SMILES string of the molecule is CC(C)n1ncc2c(C(=O)NCc3nccn3C)cc(-c3cccc(CN(C)CCN)c3)nc21. The lowest BCUT2D eigenvalue weighted by Crippen LogP contribution is -2.25. The Hall–Kier alpha value is -3.56. The summed E-state index contributed by atoms with van der Waals surface area (Å²) in [6.45, 7) is 6.66. The van der Waals surface area contributed by atoms with Gasteiger partial charge in [0.25, 0.3) is 5.91 Å². The van der Waals surface area contributed by atoms with Crippen LogP contribution in [0.2, 0.25) is 0 Å². The van der Waals surface area contributed by atoms with E-state index < -0.39 is 0 Å². The van der Waals surface area contributed by atoms with E-state index in [2.05, 4.69) is 53.3 Å². The molecule has 0 atom stereocenters. The first-order valence-electron chi connectivity index (χ1n) is 11.5. The van der Waals surface area contributed by atoms with Crippen molar-refractivity contribution in [2.45, 2.75) is 33.0 Å². The van der Waals surface area contributed by atoms with Crippen molar-refractivity contribution in [3.05, 3.63) is 65.9 Å². The van der Waals surface area contributed by atoms with Gasteiger partial charge >= 0.3 is 0 Å². The zero-order valence-electron chi connectivity index (χ0n) is 20.2. The van der Waals surface area contributed by atoms with Crippen molar-refractivity contribution in [1.82, 2.24) is 34.5 Å². The van der Waals surface area contributed by atoms with Crippen LogP contribution in [0.25, 0.3) is 22.3 Å². The molecule has 4 rings (SSSR count). The van der Waals surface area contributed by atoms with Gasteiger partial charge in [-0.2, -0.15) is 5.10 Å². The van der Waals surface area contributed by atoms with Crippen LogP contribution in [-0.2, 0) is 20.1 Å². The van der Waals surface area contributed by atoms with Gasteiger partial charge in [-0.05, 0) is 38.6 Å². The first-order chi connectivity index (χ1) is 16.4. The normalized spacial score (nSPS) is 11.6. The van der Waals surface area contributed by atoms with Crippen LogP contribution >= 0.6 is 0 Å². The summed E-state index contributed by atoms with van der Waals surface area (Å²) >= 11 is 0. The maximum absolute atomic E-state index is 13.3. The Labute approximate surface area is 199 Å². The number of fused-ring (bicyclic) bond motifs is 1. The van der Waals surface area contributed by atoms with E-state index in [-0.39, 0.29) is 11.9 Å². The summed E-state index contributed by atoms with van der Waals surface area (Å²) in [4.78, 5) is 24.7. The lowest BCUT2D eigenvalue weighted by molar-refractivity contribution is 0.0951. The van der Waals surface area contributed by atoms with Gasteiger partial charge < -0.3 is 20.5 Å². The topological polar surface area (TPSA) is 107 Å². The molecule has 0 saturated carbocycles. The number of aromatic nitrogens is 5. The molecule has 0 saturated heterocycles. The van der Waals surface area contributed by atoms with E-state index >= 15 is 0 Å². The molecule has 3 N–H and O–H groups in total. The largest absolute Gasteiger partial charge is 0.345 e. The summed E-state index contributed by atoms with van der Waals surface area (Å²) < 4.78 is 3.74. The number of nitrogens with one attached hydrogen (secondary N) is 1. The van der Waals surface area contributed by atoms with E-state index in [1.807, 2.05) is 40.7 Å². The van der Waals surface area contributed by atoms with Gasteiger partial charge in [0.15, 0.2) is 5.65 Å². The summed E-state index contributed by atoms with van der Waals surface area (Å²) in [6, 6.07) is 10.2. The molecule has 0 bridgehead atoms. The number of amides is 1. The lowest BCUT2D eigenvalue weighted by Gasteiger charge is -2.16. The fourth-order valence-electron chi connectivity index (χ4n) is 3.99. The van der Waals surface area contributed by atoms with Crippen LogP contribution in [0.4, 0.5) is 0 Å². The predicted molar refractivity (Wildman–Crippen MR) is 133 cm³/mol. The number of aryl methyl sites for hydroxylation is 1. The first-order valence-corrected chi connectivity index (χ1v) is 11.5. The summed E-state index contributed by atoms with van der Waals surface area (Å²) in [5.74, 6) is 0.602. The second kappa shape index (κ2) is 10.1. The minimum atomic E-state index is -0.182. The van der Waals surface area contributed by atoms with E-state index in [1.165, 1.54) is 0 Å². The Morgan fingerprint density at radius 3 is 2.79 bits per heavy atom. The maximum Gasteiger partial charge on any atom is 0.252 e. The molecule has 4 aromatic rings. The van der Waals surface area contributed by atoms with Gasteiger partial charge in [0.1, 0.15) is 5.82 Å². The quantitative estimate of drug-likeness (QED) is 0.398. The molecule has 178 valence electrons. The lowest BCUT2D eigenvalue weighted by atomic mass is 10.0. The van der Waals surface area contributed by atoms with Crippen LogP contribution in [0.5, 0.6) is 0 Å². The fourth-order valence-corrected chi connectivity index (χ4v) is 3.99. The van der Waals surface area contributed by atoms with Crippen molar-refractivity contribution in [2.75, 3.05) is 20.1 Å². The van der Waals surface area contributed by atoms with E-state index in [9.17, 15) is 4.79 Å². The minimum absolute atomic E-state index is 0.111. The zero-order valence-corrected chi connectivity index (χ0v) is 20.2. The number of nitrogens with two attached hydrogens (primary N) is 1. The van der Waals surface area contributed by atoms with Crippen molar-refractivity contribution in [1.29, 1.82) is 0 Å². The summed E-state index contributed by atoms with van der Waals surface area (Å²) in [5, 5.41) is 8.24. The number of likely N-dealkylation sites (N-methyl/N-ethyl adjacent to an activating group) is 1. The average Bonchev–Trinajstić information content (AvgIpc) is 3.43. The van der Waals surface area contributed by atoms with Crippen LogP contribution in [-0.4, -0.2) is 55.3 Å². The highest BCUT2D eigenvalue weighted by atomic mass is 16.1. The first kappa shape index (κ1) is 23.6. The number of carbonyl (C=O) groups is 1. The van der Waals surface area contributed by atoms with Gasteiger partial charge in [0.05, 0.1) is 29.4 Å². The molecular weight excluding hydrogens is 428 g/mol. The smallest absolute Gasteiger partial charge is 0.252 e. The number of hydrogen-bond acceptors (Lipinski definition) is 6. The van der Waals surface area contributed by atoms with Crippen LogP contribution in [0.3, 0.4) is 0 Å². The molecule has 1 amide bonds. The zero-order chi connectivity index (χ0) is 24.2. The number of carbonyl (C=O) groups excluding carboxylic acids is 1. The molecule has 0 fully saturated rings. The molecular formula is C25H32N8O. The second-order valence-corrected chi connectivity index (χ2v) is 8.84. The molecule has 0 aliphatic heterocycles. The maximum atomic E-state index is 13.3. The fraction of sp³-hybridized carbons (Fsp3) is 0.360. The summed E-state index contributed by atoms with van der Waals surface area (Å²) in [5.41, 5.74) is 9.78. The van der Waals surface area contributed by atoms with E-state index in [0.29, 0.717) is 24.3 Å². The monoisotopic (exact) mass is 460 g/mol. The van der Waals surface area contributed by atoms with Gasteiger partial charge in [-0.15, -0.1) is 0 Å². The van der Waals surface area contributed by atoms with Crippen molar-refractivity contribution < 1.29 is 4.79 Å². The highest BCUT2D eigenvalue weighted by Gasteiger charge is 2.19. The number of rotatable bonds is 9. The molecule has 34 heavy (non-hydrogen) atoms. The minimum Gasteiger partial charge on any atom is -0.345 e. The van der Waals surface area contributed by atoms with E-state index in [1.54, 1.807) is 12.4 Å². The Balaban J connectivity index is 1.72. The third kappa shape index (κ3) is 5.00. The molecule has 0 radical (unpaired) electrons. The highest BCUT2D eigenvalue weighted by Crippen LogP contribution is 2.27. The van der Waals surface area contributed by atoms with Crippen LogP contribution in [0.1, 0.15) is 41.6 Å². The van der Waals surface area contributed by atoms with Gasteiger partial charge in [0, 0.05) is 50.7 Å². The third-order valence-corrected chi connectivity index (χ3v) is 5.81. The van der Waals surface area contributed by atoms with Crippen molar-refractivity contribution in [2.24, 2.45) is 12.8 Å². The second-order valence-electron chi connectivity index (χ2n) is 8.84. The van der Waals surface area contributed by atoms with Gasteiger partial charge in [-0.3, -0.25) is 4.79 Å². The number of benzene rings is 1. The average molecular weight is 461 g/mol. The number of nitrogens with zero attached hydrogens (tertiary/aromatic N) is 6. The Kier molecular flexibility index (Phi) is 7.04. The van der Waals surface area contributed by atoms with Crippen molar-refractivity contribution >= 4 is 16.9 Å². The molecule has 1 aromatic carbocycles. The number of hydrogen-bond donors (Lipinski definition) is 2. The molecule has 9 nitrogen and oxygen atoms in total. The standard InChI is InChI=1S/C25H32N8O/c1-17(2)33-24-21(14-29-33)20(25(34)28-15-23-27-9-11-32(23)4)13-22(30-24)19-7-5-6-18(12-19)16-31(3)10-8-26/h5-7,9,11-14,17H,8,10,15-16,26H2,1-4H3,(H,28,34). The van der Waals surface area contributed by atoms with Crippen molar-refractivity contribution in [3.63, 3.8) is 0 Å². The summed E-state index contributed by atoms with van der Waals surface area (Å²) in [7, 11) is 3.96. The predicted octanol–water partition coefficient (Wildman–Crippen LogP) is 2.73. The van der Waals surface area contributed by atoms with Crippen LogP contribution < -0.4 is 11.1 Å². The van der Waals surface area contributed by atoms with Crippen LogP contribution in [0, 0.1) is 0 Å². The molecule has 0 aliphatic carbocycles. The van der Waals surface area contributed by atoms with Gasteiger partial charge in [-0.1, -0.05) is 18.2 Å². The number of imidazole rings is 1. The van der Waals surface area contributed by atoms with Gasteiger partial charge in [-0.25, -0.2) is 14.6 Å². The third-order valence-electron chi connectivity index (χ3n) is 5.81. The van der Waals surface area contributed by atoms with Crippen molar-refractivity contribution in [3.8, 4) is 11.3 Å². The molecule has 0 spiro atoms. The number of pyridine rings is 1. The van der Waals surface area contributed by atoms with E-state index in [0.717, 1.165) is 41.1 Å². The Bertz CT molecular complexity index is 1290.